The van der Waals surface area contributed by atoms with Crippen molar-refractivity contribution in [2.75, 3.05) is 7.11 Å². The van der Waals surface area contributed by atoms with Crippen LogP contribution in [0.3, 0.4) is 0 Å². The lowest BCUT2D eigenvalue weighted by Crippen LogP contribution is -1.90. The Balaban J connectivity index is 2.88. The number of rotatable bonds is 1. The van der Waals surface area contributed by atoms with E-state index in [2.05, 4.69) is 21.8 Å². The second-order valence-corrected chi connectivity index (χ2v) is 1.83. The Labute approximate surface area is 65.4 Å². The van der Waals surface area contributed by atoms with E-state index >= 15 is 0 Å². The molecule has 0 N–H and O–H groups in total. The van der Waals surface area contributed by atoms with E-state index in [4.69, 9.17) is 4.74 Å². The predicted molar refractivity (Wildman–Crippen MR) is 41.1 cm³/mol. The number of nitrogens with zero attached hydrogens (tertiary/aromatic N) is 2. The molecule has 11 heavy (non-hydrogen) atoms. The van der Waals surface area contributed by atoms with Gasteiger partial charge in [-0.2, -0.15) is 0 Å². The molecule has 1 aromatic rings. The molecule has 0 amide bonds. The van der Waals surface area contributed by atoms with E-state index in [1.807, 2.05) is 0 Å². The SMILES string of the molecule is CC#Cc1cnc(OC)nc1. The van der Waals surface area contributed by atoms with E-state index in [1.54, 1.807) is 19.3 Å². The largest absolute Gasteiger partial charge is 0.467 e. The molecule has 3 heteroatoms. The maximum Gasteiger partial charge on any atom is 0.316 e. The number of aromatic nitrogens is 2. The molecule has 0 saturated heterocycles. The quantitative estimate of drug-likeness (QED) is 0.554. The molecule has 0 unspecified atom stereocenters. The van der Waals surface area contributed by atoms with Crippen LogP contribution in [0.5, 0.6) is 6.01 Å². The molecule has 0 fully saturated rings. The van der Waals surface area contributed by atoms with Crippen LogP contribution in [0.4, 0.5) is 0 Å². The van der Waals surface area contributed by atoms with E-state index in [-0.39, 0.29) is 0 Å². The molecule has 0 spiro atoms. The van der Waals surface area contributed by atoms with Crippen LogP contribution < -0.4 is 4.74 Å². The molecule has 0 bridgehead atoms. The van der Waals surface area contributed by atoms with Gasteiger partial charge in [-0.15, -0.1) is 5.92 Å². The molecule has 0 atom stereocenters. The van der Waals surface area contributed by atoms with Gasteiger partial charge in [0.15, 0.2) is 0 Å². The zero-order chi connectivity index (χ0) is 8.10. The van der Waals surface area contributed by atoms with Gasteiger partial charge in [-0.3, -0.25) is 0 Å². The molecule has 0 aliphatic heterocycles. The fraction of sp³-hybridized carbons (Fsp3) is 0.250. The van der Waals surface area contributed by atoms with Gasteiger partial charge < -0.3 is 4.74 Å². The van der Waals surface area contributed by atoms with Gasteiger partial charge in [0.1, 0.15) is 0 Å². The summed E-state index contributed by atoms with van der Waals surface area (Å²) in [6, 6.07) is 0.367. The zero-order valence-corrected chi connectivity index (χ0v) is 6.46. The summed E-state index contributed by atoms with van der Waals surface area (Å²) >= 11 is 0. The maximum absolute atomic E-state index is 4.78. The lowest BCUT2D eigenvalue weighted by Gasteiger charge is -1.94. The van der Waals surface area contributed by atoms with Gasteiger partial charge in [-0.1, -0.05) is 5.92 Å². The normalized spacial score (nSPS) is 8.18. The molecule has 0 aliphatic rings. The molecule has 1 rings (SSSR count). The minimum Gasteiger partial charge on any atom is -0.467 e. The summed E-state index contributed by atoms with van der Waals surface area (Å²) < 4.78 is 4.78. The van der Waals surface area contributed by atoms with Gasteiger partial charge in [-0.25, -0.2) is 9.97 Å². The lowest BCUT2D eigenvalue weighted by atomic mass is 10.3. The van der Waals surface area contributed by atoms with Crippen molar-refractivity contribution in [3.8, 4) is 17.9 Å². The van der Waals surface area contributed by atoms with Crippen LogP contribution in [0, 0.1) is 11.8 Å². The monoisotopic (exact) mass is 148 g/mol. The minimum absolute atomic E-state index is 0.367. The Bertz CT molecular complexity index is 281. The first-order valence-corrected chi connectivity index (χ1v) is 3.15. The highest BCUT2D eigenvalue weighted by molar-refractivity contribution is 5.29. The van der Waals surface area contributed by atoms with Gasteiger partial charge in [0.05, 0.1) is 12.7 Å². The van der Waals surface area contributed by atoms with Crippen molar-refractivity contribution >= 4 is 0 Å². The number of hydrogen-bond acceptors (Lipinski definition) is 3. The summed E-state index contributed by atoms with van der Waals surface area (Å²) in [5.74, 6) is 5.58. The van der Waals surface area contributed by atoms with Gasteiger partial charge in [0.2, 0.25) is 0 Å². The Kier molecular flexibility index (Phi) is 2.45. The standard InChI is InChI=1S/C8H8N2O/c1-3-4-7-5-9-8(11-2)10-6-7/h5-6H,1-2H3. The third-order valence-corrected chi connectivity index (χ3v) is 1.08. The summed E-state index contributed by atoms with van der Waals surface area (Å²) in [5.41, 5.74) is 0.799. The Morgan fingerprint density at radius 1 is 1.36 bits per heavy atom. The molecular formula is C8H8N2O. The minimum atomic E-state index is 0.367. The third-order valence-electron chi connectivity index (χ3n) is 1.08. The zero-order valence-electron chi connectivity index (χ0n) is 6.46. The van der Waals surface area contributed by atoms with Crippen LogP contribution in [-0.2, 0) is 0 Å². The van der Waals surface area contributed by atoms with Crippen LogP contribution in [0.25, 0.3) is 0 Å². The predicted octanol–water partition coefficient (Wildman–Crippen LogP) is 0.857. The fourth-order valence-electron chi connectivity index (χ4n) is 0.630. The van der Waals surface area contributed by atoms with Crippen LogP contribution in [-0.4, -0.2) is 17.1 Å². The molecule has 1 heterocycles. The van der Waals surface area contributed by atoms with Crippen molar-refractivity contribution in [2.24, 2.45) is 0 Å². The highest BCUT2D eigenvalue weighted by Crippen LogP contribution is 1.99. The van der Waals surface area contributed by atoms with Gasteiger partial charge in [0, 0.05) is 12.4 Å². The first kappa shape index (κ1) is 7.55. The van der Waals surface area contributed by atoms with Crippen LogP contribution in [0.15, 0.2) is 12.4 Å². The Morgan fingerprint density at radius 2 is 2.00 bits per heavy atom. The van der Waals surface area contributed by atoms with Crippen LogP contribution >= 0.6 is 0 Å². The molecule has 0 aliphatic carbocycles. The van der Waals surface area contributed by atoms with E-state index in [1.165, 1.54) is 7.11 Å². The molecule has 0 aromatic carbocycles. The first-order chi connectivity index (χ1) is 5.36. The molecule has 0 radical (unpaired) electrons. The summed E-state index contributed by atoms with van der Waals surface area (Å²) in [5, 5.41) is 0. The molecule has 0 saturated carbocycles. The number of ether oxygens (including phenoxy) is 1. The molecular weight excluding hydrogens is 140 g/mol. The summed E-state index contributed by atoms with van der Waals surface area (Å²) in [6.45, 7) is 1.77. The van der Waals surface area contributed by atoms with E-state index in [9.17, 15) is 0 Å². The Morgan fingerprint density at radius 3 is 2.45 bits per heavy atom. The van der Waals surface area contributed by atoms with Crippen molar-refractivity contribution in [1.82, 2.24) is 9.97 Å². The van der Waals surface area contributed by atoms with E-state index < -0.39 is 0 Å². The van der Waals surface area contributed by atoms with Gasteiger partial charge in [-0.05, 0) is 6.92 Å². The summed E-state index contributed by atoms with van der Waals surface area (Å²) in [7, 11) is 1.53. The highest BCUT2D eigenvalue weighted by atomic mass is 16.5. The van der Waals surface area contributed by atoms with Crippen molar-refractivity contribution in [3.05, 3.63) is 18.0 Å². The number of methoxy groups -OCH3 is 1. The van der Waals surface area contributed by atoms with Crippen molar-refractivity contribution in [1.29, 1.82) is 0 Å². The van der Waals surface area contributed by atoms with Crippen LogP contribution in [0.1, 0.15) is 12.5 Å². The second-order valence-electron chi connectivity index (χ2n) is 1.83. The molecule has 1 aromatic heterocycles. The lowest BCUT2D eigenvalue weighted by molar-refractivity contribution is 0.379. The van der Waals surface area contributed by atoms with E-state index in [0.29, 0.717) is 6.01 Å². The third kappa shape index (κ3) is 1.94. The van der Waals surface area contributed by atoms with Crippen molar-refractivity contribution < 1.29 is 4.74 Å². The van der Waals surface area contributed by atoms with Crippen molar-refractivity contribution in [3.63, 3.8) is 0 Å². The maximum atomic E-state index is 4.78. The summed E-state index contributed by atoms with van der Waals surface area (Å²) in [6.07, 6.45) is 3.25. The fourth-order valence-corrected chi connectivity index (χ4v) is 0.630. The first-order valence-electron chi connectivity index (χ1n) is 3.15. The highest BCUT2D eigenvalue weighted by Gasteiger charge is 1.91. The van der Waals surface area contributed by atoms with E-state index in [0.717, 1.165) is 5.56 Å². The average Bonchev–Trinajstić information content (AvgIpc) is 2.07. The number of hydrogen-bond donors (Lipinski definition) is 0. The smallest absolute Gasteiger partial charge is 0.316 e. The second kappa shape index (κ2) is 3.57. The molecule has 3 nitrogen and oxygen atoms in total. The van der Waals surface area contributed by atoms with Gasteiger partial charge in [0.25, 0.3) is 0 Å². The average molecular weight is 148 g/mol. The van der Waals surface area contributed by atoms with Gasteiger partial charge >= 0.3 is 6.01 Å². The summed E-state index contributed by atoms with van der Waals surface area (Å²) in [4.78, 5) is 7.76. The van der Waals surface area contributed by atoms with Crippen LogP contribution in [0.2, 0.25) is 0 Å². The Hall–Kier alpha value is -1.56. The topological polar surface area (TPSA) is 35.0 Å². The van der Waals surface area contributed by atoms with Crippen molar-refractivity contribution in [2.45, 2.75) is 6.92 Å². The molecule has 56 valence electrons.